The third kappa shape index (κ3) is 1.99. The van der Waals surface area contributed by atoms with Gasteiger partial charge in [-0.2, -0.15) is 0 Å². The number of carbonyl (C=O) groups is 1. The molecule has 0 heterocycles. The molecule has 3 nitrogen and oxygen atoms in total. The smallest absolute Gasteiger partial charge is 0.124 e. The van der Waals surface area contributed by atoms with E-state index in [2.05, 4.69) is 0 Å². The SMILES string of the molecule is CCc1cc(CC=O)c(O)cc1O. The monoisotopic (exact) mass is 180 g/mol. The molecule has 0 aliphatic rings. The lowest BCUT2D eigenvalue weighted by molar-refractivity contribution is -0.107. The number of phenols is 2. The number of rotatable bonds is 3. The normalized spacial score (nSPS) is 9.92. The topological polar surface area (TPSA) is 57.5 Å². The largest absolute Gasteiger partial charge is 0.508 e. The van der Waals surface area contributed by atoms with Crippen LogP contribution in [0.2, 0.25) is 0 Å². The van der Waals surface area contributed by atoms with Crippen molar-refractivity contribution in [3.05, 3.63) is 23.3 Å². The Hall–Kier alpha value is -1.51. The van der Waals surface area contributed by atoms with E-state index in [9.17, 15) is 15.0 Å². The van der Waals surface area contributed by atoms with Gasteiger partial charge in [0.25, 0.3) is 0 Å². The first kappa shape index (κ1) is 9.58. The first-order valence-corrected chi connectivity index (χ1v) is 4.16. The Balaban J connectivity index is 3.13. The molecular weight excluding hydrogens is 168 g/mol. The first-order chi connectivity index (χ1) is 6.19. The number of hydrogen-bond donors (Lipinski definition) is 2. The van der Waals surface area contributed by atoms with E-state index in [-0.39, 0.29) is 17.9 Å². The minimum atomic E-state index is -0.0261. The Morgan fingerprint density at radius 3 is 2.38 bits per heavy atom. The van der Waals surface area contributed by atoms with Crippen LogP contribution in [0.3, 0.4) is 0 Å². The lowest BCUT2D eigenvalue weighted by atomic mass is 10.0. The van der Waals surface area contributed by atoms with E-state index in [0.29, 0.717) is 12.0 Å². The van der Waals surface area contributed by atoms with Crippen molar-refractivity contribution in [2.45, 2.75) is 19.8 Å². The fraction of sp³-hybridized carbons (Fsp3) is 0.300. The van der Waals surface area contributed by atoms with Crippen molar-refractivity contribution in [3.63, 3.8) is 0 Å². The van der Waals surface area contributed by atoms with Crippen LogP contribution >= 0.6 is 0 Å². The molecule has 0 aliphatic heterocycles. The molecule has 0 aromatic heterocycles. The molecule has 13 heavy (non-hydrogen) atoms. The predicted molar refractivity (Wildman–Crippen MR) is 48.9 cm³/mol. The molecule has 0 aliphatic carbocycles. The highest BCUT2D eigenvalue weighted by atomic mass is 16.3. The van der Waals surface area contributed by atoms with Crippen LogP contribution < -0.4 is 0 Å². The summed E-state index contributed by atoms with van der Waals surface area (Å²) in [6.07, 6.45) is 1.59. The summed E-state index contributed by atoms with van der Waals surface area (Å²) in [5.41, 5.74) is 1.30. The number of benzene rings is 1. The maximum absolute atomic E-state index is 10.2. The molecule has 1 rings (SSSR count). The molecule has 0 saturated carbocycles. The fourth-order valence-corrected chi connectivity index (χ4v) is 1.21. The van der Waals surface area contributed by atoms with E-state index >= 15 is 0 Å². The summed E-state index contributed by atoms with van der Waals surface area (Å²) in [5, 5.41) is 18.7. The van der Waals surface area contributed by atoms with Gasteiger partial charge in [0.2, 0.25) is 0 Å². The van der Waals surface area contributed by atoms with E-state index in [1.54, 1.807) is 6.07 Å². The van der Waals surface area contributed by atoms with Crippen molar-refractivity contribution in [1.29, 1.82) is 0 Å². The maximum atomic E-state index is 10.2. The Morgan fingerprint density at radius 2 is 1.85 bits per heavy atom. The standard InChI is InChI=1S/C10H12O3/c1-2-7-5-8(3-4-11)10(13)6-9(7)12/h4-6,12-13H,2-3H2,1H3. The Labute approximate surface area is 76.6 Å². The zero-order valence-electron chi connectivity index (χ0n) is 7.45. The van der Waals surface area contributed by atoms with Gasteiger partial charge >= 0.3 is 0 Å². The first-order valence-electron chi connectivity index (χ1n) is 4.16. The molecule has 0 spiro atoms. The Kier molecular flexibility index (Phi) is 2.90. The van der Waals surface area contributed by atoms with Gasteiger partial charge in [-0.15, -0.1) is 0 Å². The molecular formula is C10H12O3. The van der Waals surface area contributed by atoms with Gasteiger partial charge in [-0.3, -0.25) is 0 Å². The lowest BCUT2D eigenvalue weighted by Crippen LogP contribution is -1.90. The molecule has 1 aromatic rings. The zero-order chi connectivity index (χ0) is 9.84. The molecule has 70 valence electrons. The van der Waals surface area contributed by atoms with Gasteiger partial charge in [-0.05, 0) is 18.1 Å². The molecule has 0 amide bonds. The van der Waals surface area contributed by atoms with Gasteiger partial charge in [0.15, 0.2) is 0 Å². The van der Waals surface area contributed by atoms with Crippen LogP contribution in [-0.4, -0.2) is 16.5 Å². The lowest BCUT2D eigenvalue weighted by Gasteiger charge is -2.06. The van der Waals surface area contributed by atoms with Crippen LogP contribution in [0, 0.1) is 0 Å². The average molecular weight is 180 g/mol. The highest BCUT2D eigenvalue weighted by molar-refractivity contribution is 5.59. The maximum Gasteiger partial charge on any atom is 0.124 e. The molecule has 0 fully saturated rings. The van der Waals surface area contributed by atoms with E-state index in [1.807, 2.05) is 6.92 Å². The fourth-order valence-electron chi connectivity index (χ4n) is 1.21. The van der Waals surface area contributed by atoms with Crippen molar-refractivity contribution >= 4 is 6.29 Å². The van der Waals surface area contributed by atoms with Crippen LogP contribution in [0.1, 0.15) is 18.1 Å². The number of phenolic OH excluding ortho intramolecular Hbond substituents is 2. The van der Waals surface area contributed by atoms with Gasteiger partial charge in [-0.25, -0.2) is 0 Å². The van der Waals surface area contributed by atoms with Crippen LogP contribution in [0.4, 0.5) is 0 Å². The number of aryl methyl sites for hydroxylation is 1. The van der Waals surface area contributed by atoms with Crippen molar-refractivity contribution < 1.29 is 15.0 Å². The van der Waals surface area contributed by atoms with Crippen LogP contribution in [-0.2, 0) is 17.6 Å². The average Bonchev–Trinajstić information content (AvgIpc) is 2.10. The van der Waals surface area contributed by atoms with Crippen molar-refractivity contribution in [2.75, 3.05) is 0 Å². The number of hydrogen-bond acceptors (Lipinski definition) is 3. The number of carbonyl (C=O) groups excluding carboxylic acids is 1. The summed E-state index contributed by atoms with van der Waals surface area (Å²) in [7, 11) is 0. The van der Waals surface area contributed by atoms with Gasteiger partial charge in [-0.1, -0.05) is 6.92 Å². The molecule has 3 heteroatoms. The van der Waals surface area contributed by atoms with E-state index in [1.165, 1.54) is 6.07 Å². The number of aldehydes is 1. The van der Waals surface area contributed by atoms with Gasteiger partial charge in [0.05, 0.1) is 0 Å². The van der Waals surface area contributed by atoms with Gasteiger partial charge in [0, 0.05) is 18.1 Å². The summed E-state index contributed by atoms with van der Waals surface area (Å²) in [6.45, 7) is 1.90. The second-order valence-corrected chi connectivity index (χ2v) is 2.83. The van der Waals surface area contributed by atoms with E-state index in [0.717, 1.165) is 11.8 Å². The summed E-state index contributed by atoms with van der Waals surface area (Å²) < 4.78 is 0. The molecule has 0 bridgehead atoms. The summed E-state index contributed by atoms with van der Waals surface area (Å²) in [6, 6.07) is 2.93. The molecule has 0 saturated heterocycles. The van der Waals surface area contributed by atoms with Crippen LogP contribution in [0.25, 0.3) is 0 Å². The molecule has 2 N–H and O–H groups in total. The summed E-state index contributed by atoms with van der Waals surface area (Å²) in [5.74, 6) is 0.0523. The summed E-state index contributed by atoms with van der Waals surface area (Å²) in [4.78, 5) is 10.2. The minimum absolute atomic E-state index is 0.0261. The van der Waals surface area contributed by atoms with Crippen molar-refractivity contribution in [3.8, 4) is 11.5 Å². The zero-order valence-corrected chi connectivity index (χ0v) is 7.45. The molecule has 0 radical (unpaired) electrons. The van der Waals surface area contributed by atoms with E-state index in [4.69, 9.17) is 0 Å². The van der Waals surface area contributed by atoms with Crippen molar-refractivity contribution in [1.82, 2.24) is 0 Å². The predicted octanol–water partition coefficient (Wildman–Crippen LogP) is 1.40. The van der Waals surface area contributed by atoms with Gasteiger partial charge < -0.3 is 15.0 Å². The second kappa shape index (κ2) is 3.94. The van der Waals surface area contributed by atoms with Crippen LogP contribution in [0.5, 0.6) is 11.5 Å². The summed E-state index contributed by atoms with van der Waals surface area (Å²) >= 11 is 0. The highest BCUT2D eigenvalue weighted by Crippen LogP contribution is 2.27. The number of aromatic hydroxyl groups is 2. The Bertz CT molecular complexity index is 318. The molecule has 1 aromatic carbocycles. The second-order valence-electron chi connectivity index (χ2n) is 2.83. The van der Waals surface area contributed by atoms with E-state index < -0.39 is 0 Å². The third-order valence-corrected chi connectivity index (χ3v) is 1.96. The van der Waals surface area contributed by atoms with Crippen molar-refractivity contribution in [2.24, 2.45) is 0 Å². The molecule has 0 unspecified atom stereocenters. The highest BCUT2D eigenvalue weighted by Gasteiger charge is 2.06. The Morgan fingerprint density at radius 1 is 1.23 bits per heavy atom. The molecule has 0 atom stereocenters. The van der Waals surface area contributed by atoms with Gasteiger partial charge in [0.1, 0.15) is 17.8 Å². The third-order valence-electron chi connectivity index (χ3n) is 1.96. The quantitative estimate of drug-likeness (QED) is 0.691. The van der Waals surface area contributed by atoms with Crippen LogP contribution in [0.15, 0.2) is 12.1 Å². The minimum Gasteiger partial charge on any atom is -0.508 e.